The van der Waals surface area contributed by atoms with E-state index in [9.17, 15) is 23.7 Å². The highest BCUT2D eigenvalue weighted by Gasteiger charge is 2.23. The molecule has 0 amide bonds. The highest BCUT2D eigenvalue weighted by atomic mass is 19.2. The first kappa shape index (κ1) is 17.3. The van der Waals surface area contributed by atoms with E-state index in [1.54, 1.807) is 12.1 Å². The summed E-state index contributed by atoms with van der Waals surface area (Å²) >= 11 is 0. The van der Waals surface area contributed by atoms with Crippen LogP contribution in [0.5, 0.6) is 5.75 Å². The number of rotatable bonds is 6. The Morgan fingerprint density at radius 2 is 2.04 bits per heavy atom. The second kappa shape index (κ2) is 7.13. The van der Waals surface area contributed by atoms with Gasteiger partial charge in [0.1, 0.15) is 18.0 Å². The van der Waals surface area contributed by atoms with Gasteiger partial charge in [0.2, 0.25) is 5.82 Å². The third kappa shape index (κ3) is 3.43. The number of anilines is 1. The molecule has 1 N–H and O–H groups in total. The lowest BCUT2D eigenvalue weighted by atomic mass is 10.3. The van der Waals surface area contributed by atoms with Crippen molar-refractivity contribution in [2.75, 3.05) is 18.5 Å². The maximum Gasteiger partial charge on any atom is 0.376 e. The van der Waals surface area contributed by atoms with Gasteiger partial charge in [-0.2, -0.15) is 0 Å². The molecule has 0 aliphatic carbocycles. The largest absolute Gasteiger partial charge is 0.492 e. The van der Waals surface area contributed by atoms with Crippen LogP contribution in [0.15, 0.2) is 47.4 Å². The lowest BCUT2D eigenvalue weighted by molar-refractivity contribution is -0.385. The van der Waals surface area contributed by atoms with Crippen molar-refractivity contribution in [1.29, 1.82) is 0 Å². The second-order valence-corrected chi connectivity index (χ2v) is 5.15. The van der Waals surface area contributed by atoms with Crippen LogP contribution < -0.4 is 15.6 Å². The Morgan fingerprint density at radius 1 is 1.23 bits per heavy atom. The second-order valence-electron chi connectivity index (χ2n) is 5.15. The SMILES string of the molecule is O=c1c([N+](=O)[O-])c(NCCOc2ccc(F)c(F)c2)nc2ccccn12. The zero-order valence-corrected chi connectivity index (χ0v) is 13.2. The Bertz CT molecular complexity index is 1040. The van der Waals surface area contributed by atoms with Gasteiger partial charge in [-0.1, -0.05) is 6.07 Å². The van der Waals surface area contributed by atoms with Crippen LogP contribution in [0, 0.1) is 21.7 Å². The molecule has 0 saturated heterocycles. The fourth-order valence-electron chi connectivity index (χ4n) is 2.27. The van der Waals surface area contributed by atoms with Gasteiger partial charge in [-0.25, -0.2) is 13.8 Å². The molecule has 2 heterocycles. The average molecular weight is 362 g/mol. The van der Waals surface area contributed by atoms with E-state index in [0.29, 0.717) is 0 Å². The summed E-state index contributed by atoms with van der Waals surface area (Å²) in [5.74, 6) is -2.13. The van der Waals surface area contributed by atoms with Gasteiger partial charge in [-0.05, 0) is 24.3 Å². The first-order chi connectivity index (χ1) is 12.5. The third-order valence-corrected chi connectivity index (χ3v) is 3.45. The van der Waals surface area contributed by atoms with Crippen LogP contribution in [0.3, 0.4) is 0 Å². The smallest absolute Gasteiger partial charge is 0.376 e. The van der Waals surface area contributed by atoms with E-state index in [-0.39, 0.29) is 30.4 Å². The van der Waals surface area contributed by atoms with Gasteiger partial charge < -0.3 is 10.1 Å². The van der Waals surface area contributed by atoms with Crippen molar-refractivity contribution in [3.8, 4) is 5.75 Å². The maximum atomic E-state index is 13.1. The maximum absolute atomic E-state index is 13.1. The minimum Gasteiger partial charge on any atom is -0.492 e. The first-order valence-electron chi connectivity index (χ1n) is 7.45. The Kier molecular flexibility index (Phi) is 4.74. The molecule has 0 aliphatic heterocycles. The number of nitro groups is 1. The molecule has 0 fully saturated rings. The van der Waals surface area contributed by atoms with Crippen LogP contribution in [-0.4, -0.2) is 27.5 Å². The molecular weight excluding hydrogens is 350 g/mol. The molecule has 1 aromatic carbocycles. The van der Waals surface area contributed by atoms with Crippen molar-refractivity contribution in [1.82, 2.24) is 9.38 Å². The highest BCUT2D eigenvalue weighted by Crippen LogP contribution is 2.18. The fourth-order valence-corrected chi connectivity index (χ4v) is 2.27. The lowest BCUT2D eigenvalue weighted by Gasteiger charge is -2.09. The van der Waals surface area contributed by atoms with Gasteiger partial charge >= 0.3 is 11.2 Å². The van der Waals surface area contributed by atoms with Gasteiger partial charge in [0.05, 0.1) is 11.5 Å². The Morgan fingerprint density at radius 3 is 2.77 bits per heavy atom. The summed E-state index contributed by atoms with van der Waals surface area (Å²) in [6, 6.07) is 7.80. The monoisotopic (exact) mass is 362 g/mol. The number of hydrogen-bond acceptors (Lipinski definition) is 6. The van der Waals surface area contributed by atoms with Crippen molar-refractivity contribution < 1.29 is 18.4 Å². The summed E-state index contributed by atoms with van der Waals surface area (Å²) in [4.78, 5) is 26.7. The normalized spacial score (nSPS) is 10.7. The molecule has 26 heavy (non-hydrogen) atoms. The van der Waals surface area contributed by atoms with Crippen molar-refractivity contribution in [2.24, 2.45) is 0 Å². The van der Waals surface area contributed by atoms with Crippen LogP contribution in [-0.2, 0) is 0 Å². The summed E-state index contributed by atoms with van der Waals surface area (Å²) in [5.41, 5.74) is -1.27. The van der Waals surface area contributed by atoms with E-state index in [4.69, 9.17) is 4.74 Å². The molecule has 134 valence electrons. The number of halogens is 2. The van der Waals surface area contributed by atoms with E-state index in [0.717, 1.165) is 16.5 Å². The Hall–Kier alpha value is -3.56. The van der Waals surface area contributed by atoms with Crippen molar-refractivity contribution in [3.05, 3.63) is 74.7 Å². The first-order valence-corrected chi connectivity index (χ1v) is 7.45. The van der Waals surface area contributed by atoms with Gasteiger partial charge in [-0.3, -0.25) is 19.3 Å². The quantitative estimate of drug-likeness (QED) is 0.411. The summed E-state index contributed by atoms with van der Waals surface area (Å²) < 4.78 is 32.2. The molecule has 0 aliphatic rings. The number of fused-ring (bicyclic) bond motifs is 1. The molecule has 10 heteroatoms. The number of pyridine rings is 1. The number of hydrogen-bond donors (Lipinski definition) is 1. The molecule has 3 aromatic rings. The van der Waals surface area contributed by atoms with Crippen molar-refractivity contribution >= 4 is 17.2 Å². The van der Waals surface area contributed by atoms with Gasteiger partial charge in [0, 0.05) is 12.3 Å². The molecule has 3 rings (SSSR count). The molecule has 0 radical (unpaired) electrons. The molecular formula is C16H12F2N4O4. The number of nitrogens with one attached hydrogen (secondary N) is 1. The van der Waals surface area contributed by atoms with E-state index in [1.807, 2.05) is 0 Å². The summed E-state index contributed by atoms with van der Waals surface area (Å²) in [5, 5.41) is 13.9. The van der Waals surface area contributed by atoms with E-state index >= 15 is 0 Å². The average Bonchev–Trinajstić information content (AvgIpc) is 2.61. The van der Waals surface area contributed by atoms with E-state index in [1.165, 1.54) is 18.3 Å². The van der Waals surface area contributed by atoms with E-state index in [2.05, 4.69) is 10.3 Å². The number of ether oxygens (including phenoxy) is 1. The Labute approximate surface area is 144 Å². The van der Waals surface area contributed by atoms with E-state index < -0.39 is 27.8 Å². The highest BCUT2D eigenvalue weighted by molar-refractivity contribution is 5.59. The number of benzene rings is 1. The zero-order valence-electron chi connectivity index (χ0n) is 13.2. The molecule has 2 aromatic heterocycles. The third-order valence-electron chi connectivity index (χ3n) is 3.45. The van der Waals surface area contributed by atoms with Crippen LogP contribution in [0.2, 0.25) is 0 Å². The molecule has 8 nitrogen and oxygen atoms in total. The van der Waals surface area contributed by atoms with Crippen LogP contribution >= 0.6 is 0 Å². The zero-order chi connectivity index (χ0) is 18.7. The van der Waals surface area contributed by atoms with Gasteiger partial charge in [-0.15, -0.1) is 0 Å². The van der Waals surface area contributed by atoms with Gasteiger partial charge in [0.15, 0.2) is 11.6 Å². The molecule has 0 saturated carbocycles. The minimum absolute atomic E-state index is 0.0158. The standard InChI is InChI=1S/C16H12F2N4O4/c17-11-5-4-10(9-12(11)18)26-8-6-19-15-14(22(24)25)16(23)21-7-2-1-3-13(21)20-15/h1-5,7,9,19H,6,8H2. The fraction of sp³-hybridized carbons (Fsp3) is 0.125. The molecule has 0 bridgehead atoms. The predicted molar refractivity (Wildman–Crippen MR) is 88.5 cm³/mol. The predicted octanol–water partition coefficient (Wildman–Crippen LogP) is 2.37. The van der Waals surface area contributed by atoms with Crippen molar-refractivity contribution in [3.63, 3.8) is 0 Å². The summed E-state index contributed by atoms with van der Waals surface area (Å²) in [6.45, 7) is 0.0351. The minimum atomic E-state index is -1.05. The lowest BCUT2D eigenvalue weighted by Crippen LogP contribution is -2.22. The number of nitrogens with zero attached hydrogens (tertiary/aromatic N) is 3. The van der Waals surface area contributed by atoms with Gasteiger partial charge in [0.25, 0.3) is 0 Å². The molecule has 0 spiro atoms. The van der Waals surface area contributed by atoms with Crippen molar-refractivity contribution in [2.45, 2.75) is 0 Å². The Balaban J connectivity index is 1.76. The molecule has 0 atom stereocenters. The topological polar surface area (TPSA) is 98.8 Å². The van der Waals surface area contributed by atoms with Crippen LogP contribution in [0.25, 0.3) is 5.65 Å². The summed E-state index contributed by atoms with van der Waals surface area (Å²) in [7, 11) is 0. The summed E-state index contributed by atoms with van der Waals surface area (Å²) in [6.07, 6.45) is 1.38. The number of aromatic nitrogens is 2. The molecule has 0 unspecified atom stereocenters. The van der Waals surface area contributed by atoms with Crippen LogP contribution in [0.4, 0.5) is 20.3 Å². The van der Waals surface area contributed by atoms with Crippen LogP contribution in [0.1, 0.15) is 0 Å².